The molecule has 2 aromatic heterocycles. The average Bonchev–Trinajstić information content (AvgIpc) is 2.69. The minimum atomic E-state index is 0.651. The number of nitrogens with zero attached hydrogens (tertiary/aromatic N) is 3. The van der Waals surface area contributed by atoms with Crippen molar-refractivity contribution in [3.8, 4) is 5.82 Å². The lowest BCUT2D eigenvalue weighted by molar-refractivity contribution is 0.856. The van der Waals surface area contributed by atoms with Crippen LogP contribution in [0.4, 0.5) is 5.82 Å². The predicted octanol–water partition coefficient (Wildman–Crippen LogP) is 3.11. The molecule has 2 rings (SSSR count). The number of hydrogen-bond donors (Lipinski definition) is 1. The Kier molecular flexibility index (Phi) is 4.06. The van der Waals surface area contributed by atoms with E-state index in [9.17, 15) is 0 Å². The first-order valence-electron chi connectivity index (χ1n) is 5.30. The van der Waals surface area contributed by atoms with Gasteiger partial charge in [0.1, 0.15) is 5.82 Å². The van der Waals surface area contributed by atoms with Gasteiger partial charge < -0.3 is 5.73 Å². The molecule has 17 heavy (non-hydrogen) atoms. The lowest BCUT2D eigenvalue weighted by atomic mass is 10.4. The maximum atomic E-state index is 6.04. The molecule has 6 heteroatoms. The topological polar surface area (TPSA) is 56.7 Å². The van der Waals surface area contributed by atoms with Crippen molar-refractivity contribution in [2.24, 2.45) is 0 Å². The fourth-order valence-corrected chi connectivity index (χ4v) is 2.36. The molecule has 0 fully saturated rings. The lowest BCUT2D eigenvalue weighted by Gasteiger charge is -2.03. The summed E-state index contributed by atoms with van der Waals surface area (Å²) in [5, 5.41) is 4.26. The molecule has 2 N–H and O–H groups in total. The molecule has 0 saturated heterocycles. The Bertz CT molecular complexity index is 495. The Morgan fingerprint density at radius 1 is 1.41 bits per heavy atom. The number of nitrogens with two attached hydrogens (primary N) is 1. The molecule has 0 aliphatic rings. The third-order valence-corrected chi connectivity index (χ3v) is 3.87. The van der Waals surface area contributed by atoms with E-state index >= 15 is 0 Å². The van der Waals surface area contributed by atoms with Gasteiger partial charge in [-0.2, -0.15) is 9.78 Å². The second-order valence-corrected chi connectivity index (χ2v) is 5.54. The van der Waals surface area contributed by atoms with Gasteiger partial charge in [-0.3, -0.25) is 0 Å². The molecule has 0 aliphatic heterocycles. The smallest absolute Gasteiger partial charge is 0.155 e. The van der Waals surface area contributed by atoms with Crippen molar-refractivity contribution in [2.75, 3.05) is 11.5 Å². The number of pyridine rings is 1. The van der Waals surface area contributed by atoms with Crippen molar-refractivity contribution < 1.29 is 0 Å². The van der Waals surface area contributed by atoms with Crippen LogP contribution in [0.3, 0.4) is 0 Å². The molecule has 0 aliphatic carbocycles. The molecule has 2 heterocycles. The van der Waals surface area contributed by atoms with E-state index in [0.717, 1.165) is 27.4 Å². The highest BCUT2D eigenvalue weighted by atomic mass is 79.9. The Morgan fingerprint density at radius 3 is 2.88 bits per heavy atom. The molecule has 90 valence electrons. The summed E-state index contributed by atoms with van der Waals surface area (Å²) < 4.78 is 2.59. The molecule has 4 nitrogen and oxygen atoms in total. The van der Waals surface area contributed by atoms with Crippen molar-refractivity contribution in [2.45, 2.75) is 18.2 Å². The number of nitrogen functional groups attached to an aromatic ring is 1. The van der Waals surface area contributed by atoms with Crippen LogP contribution < -0.4 is 5.73 Å². The van der Waals surface area contributed by atoms with Gasteiger partial charge in [0.15, 0.2) is 5.82 Å². The molecule has 2 aromatic rings. The quantitative estimate of drug-likeness (QED) is 0.881. The molecular weight excluding hydrogens is 300 g/mol. The molecule has 0 bridgehead atoms. The summed E-state index contributed by atoms with van der Waals surface area (Å²) in [4.78, 5) is 5.28. The minimum Gasteiger partial charge on any atom is -0.383 e. The molecule has 0 saturated carbocycles. The highest BCUT2D eigenvalue weighted by molar-refractivity contribution is 9.10. The van der Waals surface area contributed by atoms with E-state index < -0.39 is 0 Å². The first-order chi connectivity index (χ1) is 8.22. The molecule has 0 amide bonds. The van der Waals surface area contributed by atoms with E-state index in [2.05, 4.69) is 32.9 Å². The van der Waals surface area contributed by atoms with Crippen molar-refractivity contribution in [1.29, 1.82) is 0 Å². The highest BCUT2D eigenvalue weighted by Crippen LogP contribution is 2.26. The average molecular weight is 313 g/mol. The summed E-state index contributed by atoms with van der Waals surface area (Å²) in [6.07, 6.45) is 4.64. The number of anilines is 1. The summed E-state index contributed by atoms with van der Waals surface area (Å²) in [5.41, 5.74) is 6.04. The lowest BCUT2D eigenvalue weighted by Crippen LogP contribution is -2.03. The van der Waals surface area contributed by atoms with E-state index in [-0.39, 0.29) is 0 Å². The molecule has 0 unspecified atom stereocenters. The standard InChI is InChI=1S/C11H13BrN4S/c1-2-5-17-9-7-15-16(11(9)13)10-4-3-8(12)6-14-10/h3-4,6-7H,2,5,13H2,1H3. The SMILES string of the molecule is CCCSc1cnn(-c2ccc(Br)cn2)c1N. The molecule has 0 spiro atoms. The Balaban J connectivity index is 2.27. The zero-order valence-corrected chi connectivity index (χ0v) is 11.8. The normalized spacial score (nSPS) is 10.7. The van der Waals surface area contributed by atoms with E-state index in [0.29, 0.717) is 5.82 Å². The van der Waals surface area contributed by atoms with Crippen molar-refractivity contribution in [3.63, 3.8) is 0 Å². The van der Waals surface area contributed by atoms with E-state index in [1.807, 2.05) is 12.1 Å². The van der Waals surface area contributed by atoms with E-state index in [4.69, 9.17) is 5.73 Å². The van der Waals surface area contributed by atoms with Gasteiger partial charge in [-0.05, 0) is 40.2 Å². The maximum Gasteiger partial charge on any atom is 0.155 e. The van der Waals surface area contributed by atoms with Crippen LogP contribution in [0.1, 0.15) is 13.3 Å². The van der Waals surface area contributed by atoms with Gasteiger partial charge in [0.25, 0.3) is 0 Å². The first-order valence-corrected chi connectivity index (χ1v) is 7.08. The third kappa shape index (κ3) is 2.81. The third-order valence-electron chi connectivity index (χ3n) is 2.16. The molecule has 0 radical (unpaired) electrons. The predicted molar refractivity (Wildman–Crippen MR) is 74.5 cm³/mol. The van der Waals surface area contributed by atoms with Gasteiger partial charge in [0.05, 0.1) is 11.1 Å². The largest absolute Gasteiger partial charge is 0.383 e. The fraction of sp³-hybridized carbons (Fsp3) is 0.273. The van der Waals surface area contributed by atoms with Crippen LogP contribution in [0.5, 0.6) is 0 Å². The number of aromatic nitrogens is 3. The van der Waals surface area contributed by atoms with Gasteiger partial charge >= 0.3 is 0 Å². The fourth-order valence-electron chi connectivity index (χ4n) is 1.34. The molecular formula is C11H13BrN4S. The monoisotopic (exact) mass is 312 g/mol. The van der Waals surface area contributed by atoms with Gasteiger partial charge in [-0.1, -0.05) is 6.92 Å². The summed E-state index contributed by atoms with van der Waals surface area (Å²) in [6, 6.07) is 3.80. The highest BCUT2D eigenvalue weighted by Gasteiger charge is 2.09. The zero-order valence-electron chi connectivity index (χ0n) is 9.43. The summed E-state index contributed by atoms with van der Waals surface area (Å²) in [7, 11) is 0. The van der Waals surface area contributed by atoms with Gasteiger partial charge in [0.2, 0.25) is 0 Å². The second kappa shape index (κ2) is 5.55. The van der Waals surface area contributed by atoms with Crippen LogP contribution in [0.2, 0.25) is 0 Å². The van der Waals surface area contributed by atoms with Crippen LogP contribution >= 0.6 is 27.7 Å². The number of hydrogen-bond acceptors (Lipinski definition) is 4. The van der Waals surface area contributed by atoms with Crippen molar-refractivity contribution >= 4 is 33.5 Å². The Labute approximate surface area is 113 Å². The number of halogens is 1. The minimum absolute atomic E-state index is 0.651. The molecule has 0 atom stereocenters. The summed E-state index contributed by atoms with van der Waals surface area (Å²) >= 11 is 5.07. The Morgan fingerprint density at radius 2 is 2.24 bits per heavy atom. The van der Waals surface area contributed by atoms with Gasteiger partial charge in [-0.25, -0.2) is 4.98 Å². The van der Waals surface area contributed by atoms with Crippen molar-refractivity contribution in [3.05, 3.63) is 29.0 Å². The molecule has 0 aromatic carbocycles. The van der Waals surface area contributed by atoms with Gasteiger partial charge in [0, 0.05) is 10.7 Å². The zero-order chi connectivity index (χ0) is 12.3. The maximum absolute atomic E-state index is 6.04. The second-order valence-electron chi connectivity index (χ2n) is 3.49. The van der Waals surface area contributed by atoms with Crippen LogP contribution in [0.25, 0.3) is 5.82 Å². The summed E-state index contributed by atoms with van der Waals surface area (Å²) in [5.74, 6) is 2.43. The van der Waals surface area contributed by atoms with Crippen molar-refractivity contribution in [1.82, 2.24) is 14.8 Å². The van der Waals surface area contributed by atoms with Crippen LogP contribution in [0, 0.1) is 0 Å². The number of rotatable bonds is 4. The van der Waals surface area contributed by atoms with Crippen LogP contribution in [-0.2, 0) is 0 Å². The van der Waals surface area contributed by atoms with Gasteiger partial charge in [-0.15, -0.1) is 11.8 Å². The Hall–Kier alpha value is -1.01. The van der Waals surface area contributed by atoms with E-state index in [1.165, 1.54) is 0 Å². The van der Waals surface area contributed by atoms with E-state index in [1.54, 1.807) is 28.8 Å². The van der Waals surface area contributed by atoms with Crippen LogP contribution in [-0.4, -0.2) is 20.5 Å². The summed E-state index contributed by atoms with van der Waals surface area (Å²) in [6.45, 7) is 2.14. The number of thioether (sulfide) groups is 1. The first kappa shape index (κ1) is 12.4. The van der Waals surface area contributed by atoms with Crippen LogP contribution in [0.15, 0.2) is 33.9 Å².